The van der Waals surface area contributed by atoms with Crippen LogP contribution in [0.4, 0.5) is 0 Å². The molecule has 1 fully saturated rings. The number of likely N-dealkylation sites (N-methyl/N-ethyl adjacent to an activating group) is 1. The van der Waals surface area contributed by atoms with Crippen molar-refractivity contribution in [3.63, 3.8) is 0 Å². The fourth-order valence-electron chi connectivity index (χ4n) is 3.19. The van der Waals surface area contributed by atoms with Crippen LogP contribution in [0.5, 0.6) is 0 Å². The van der Waals surface area contributed by atoms with E-state index < -0.39 is 0 Å². The van der Waals surface area contributed by atoms with E-state index in [-0.39, 0.29) is 36.4 Å². The van der Waals surface area contributed by atoms with E-state index in [2.05, 4.69) is 40.9 Å². The number of halogens is 1. The van der Waals surface area contributed by atoms with Gasteiger partial charge < -0.3 is 20.4 Å². The topological polar surface area (TPSA) is 60.0 Å². The van der Waals surface area contributed by atoms with E-state index >= 15 is 0 Å². The minimum atomic E-state index is 0. The minimum Gasteiger partial charge on any atom is -0.356 e. The van der Waals surface area contributed by atoms with Gasteiger partial charge in [0, 0.05) is 44.9 Å². The third-order valence-corrected chi connectivity index (χ3v) is 5.03. The van der Waals surface area contributed by atoms with Gasteiger partial charge in [-0.15, -0.1) is 24.0 Å². The summed E-state index contributed by atoms with van der Waals surface area (Å²) in [6.07, 6.45) is 7.22. The van der Waals surface area contributed by atoms with Crippen molar-refractivity contribution in [3.8, 4) is 0 Å². The molecule has 0 atom stereocenters. The van der Waals surface area contributed by atoms with Crippen molar-refractivity contribution in [2.45, 2.75) is 25.7 Å². The lowest BCUT2D eigenvalue weighted by molar-refractivity contribution is -0.127. The maximum absolute atomic E-state index is 11.8. The van der Waals surface area contributed by atoms with Crippen LogP contribution in [0.25, 0.3) is 0 Å². The van der Waals surface area contributed by atoms with Gasteiger partial charge in [0.25, 0.3) is 0 Å². The van der Waals surface area contributed by atoms with Crippen LogP contribution < -0.4 is 10.6 Å². The summed E-state index contributed by atoms with van der Waals surface area (Å²) < 4.78 is 0. The van der Waals surface area contributed by atoms with E-state index in [1.807, 2.05) is 0 Å². The van der Waals surface area contributed by atoms with Gasteiger partial charge in [-0.25, -0.2) is 4.99 Å². The highest BCUT2D eigenvalue weighted by Crippen LogP contribution is 2.37. The number of nitrogens with one attached hydrogen (secondary N) is 2. The molecule has 0 saturated heterocycles. The molecule has 2 N–H and O–H groups in total. The van der Waals surface area contributed by atoms with Gasteiger partial charge in [-0.1, -0.05) is 12.8 Å². The molecule has 0 bridgehead atoms. The largest absolute Gasteiger partial charge is 0.356 e. The molecule has 0 radical (unpaired) electrons. The number of hydrogen-bond donors (Lipinski definition) is 2. The summed E-state index contributed by atoms with van der Waals surface area (Å²) in [5.74, 6) is 1.79. The highest BCUT2D eigenvalue weighted by atomic mass is 127. The standard InChI is InChI=1S/C17H35N5OS.HI/c1-21(2)14-17(8-6-7-9-17)13-20-16(18-10-11-24-5)19-12-15(23)22(3)4;/h6-14H2,1-5H3,(H2,18,19,20);1H. The van der Waals surface area contributed by atoms with Crippen molar-refractivity contribution in [2.75, 3.05) is 66.4 Å². The zero-order valence-electron chi connectivity index (χ0n) is 16.4. The Bertz CT molecular complexity index is 412. The summed E-state index contributed by atoms with van der Waals surface area (Å²) in [6.45, 7) is 3.03. The predicted octanol–water partition coefficient (Wildman–Crippen LogP) is 1.71. The Morgan fingerprint density at radius 3 is 2.32 bits per heavy atom. The number of rotatable bonds is 9. The zero-order chi connectivity index (χ0) is 18.0. The van der Waals surface area contributed by atoms with Crippen molar-refractivity contribution < 1.29 is 4.79 Å². The second-order valence-electron chi connectivity index (χ2n) is 7.17. The van der Waals surface area contributed by atoms with Crippen LogP contribution in [-0.4, -0.2) is 88.0 Å². The molecule has 25 heavy (non-hydrogen) atoms. The number of nitrogens with zero attached hydrogens (tertiary/aromatic N) is 3. The minimum absolute atomic E-state index is 0. The molecule has 8 heteroatoms. The molecular formula is C17H36IN5OS. The Morgan fingerprint density at radius 2 is 1.80 bits per heavy atom. The molecule has 1 saturated carbocycles. The summed E-state index contributed by atoms with van der Waals surface area (Å²) in [6, 6.07) is 0. The monoisotopic (exact) mass is 485 g/mol. The van der Waals surface area contributed by atoms with Crippen LogP contribution in [0.15, 0.2) is 4.99 Å². The zero-order valence-corrected chi connectivity index (χ0v) is 19.6. The van der Waals surface area contributed by atoms with E-state index in [1.165, 1.54) is 25.7 Å². The molecule has 1 amide bonds. The molecule has 1 rings (SSSR count). The molecule has 0 aromatic carbocycles. The molecule has 1 aliphatic rings. The summed E-state index contributed by atoms with van der Waals surface area (Å²) in [7, 11) is 7.80. The first-order valence-electron chi connectivity index (χ1n) is 8.74. The first-order valence-corrected chi connectivity index (χ1v) is 10.1. The molecule has 6 nitrogen and oxygen atoms in total. The Kier molecular flexibility index (Phi) is 12.9. The van der Waals surface area contributed by atoms with Gasteiger partial charge in [-0.2, -0.15) is 11.8 Å². The van der Waals surface area contributed by atoms with Crippen molar-refractivity contribution >= 4 is 47.6 Å². The van der Waals surface area contributed by atoms with Crippen molar-refractivity contribution in [3.05, 3.63) is 0 Å². The number of amides is 1. The van der Waals surface area contributed by atoms with Crippen LogP contribution in [0, 0.1) is 5.41 Å². The Hall–Kier alpha value is -0.220. The number of carbonyl (C=O) groups is 1. The molecular weight excluding hydrogens is 449 g/mol. The first-order chi connectivity index (χ1) is 11.4. The van der Waals surface area contributed by atoms with Crippen molar-refractivity contribution in [2.24, 2.45) is 10.4 Å². The third kappa shape index (κ3) is 9.89. The van der Waals surface area contributed by atoms with Gasteiger partial charge in [0.15, 0.2) is 5.96 Å². The van der Waals surface area contributed by atoms with Crippen molar-refractivity contribution in [1.82, 2.24) is 20.4 Å². The summed E-state index contributed by atoms with van der Waals surface area (Å²) >= 11 is 1.80. The number of thioether (sulfide) groups is 1. The van der Waals surface area contributed by atoms with Gasteiger partial charge in [0.1, 0.15) is 6.54 Å². The van der Waals surface area contributed by atoms with E-state index in [1.54, 1.807) is 30.8 Å². The Morgan fingerprint density at radius 1 is 1.16 bits per heavy atom. The van der Waals surface area contributed by atoms with Crippen LogP contribution in [-0.2, 0) is 4.79 Å². The maximum atomic E-state index is 11.8. The summed E-state index contributed by atoms with van der Waals surface area (Å²) in [5.41, 5.74) is 0.316. The van der Waals surface area contributed by atoms with Crippen molar-refractivity contribution in [1.29, 1.82) is 0 Å². The lowest BCUT2D eigenvalue weighted by atomic mass is 9.85. The van der Waals surface area contributed by atoms with E-state index in [0.29, 0.717) is 5.41 Å². The average Bonchev–Trinajstić information content (AvgIpc) is 2.97. The number of hydrogen-bond acceptors (Lipinski definition) is 4. The summed E-state index contributed by atoms with van der Waals surface area (Å²) in [5, 5.41) is 6.84. The Labute approximate surface area is 175 Å². The lowest BCUT2D eigenvalue weighted by Crippen LogP contribution is -2.47. The molecule has 0 heterocycles. The highest BCUT2D eigenvalue weighted by Gasteiger charge is 2.34. The molecule has 0 aliphatic heterocycles. The molecule has 0 aromatic heterocycles. The molecule has 1 aliphatic carbocycles. The second-order valence-corrected chi connectivity index (χ2v) is 8.16. The van der Waals surface area contributed by atoms with Gasteiger partial charge >= 0.3 is 0 Å². The Balaban J connectivity index is 0.00000576. The summed E-state index contributed by atoms with van der Waals surface area (Å²) in [4.78, 5) is 20.1. The smallest absolute Gasteiger partial charge is 0.243 e. The van der Waals surface area contributed by atoms with Gasteiger partial charge in [-0.05, 0) is 33.2 Å². The molecule has 0 unspecified atom stereocenters. The van der Waals surface area contributed by atoms with Crippen LogP contribution in [0.1, 0.15) is 25.7 Å². The highest BCUT2D eigenvalue weighted by molar-refractivity contribution is 14.0. The van der Waals surface area contributed by atoms with Crippen LogP contribution >= 0.6 is 35.7 Å². The van der Waals surface area contributed by atoms with Gasteiger partial charge in [0.2, 0.25) is 5.91 Å². The van der Waals surface area contributed by atoms with Gasteiger partial charge in [-0.3, -0.25) is 4.79 Å². The van der Waals surface area contributed by atoms with E-state index in [4.69, 9.17) is 0 Å². The average molecular weight is 485 g/mol. The number of guanidine groups is 1. The SMILES string of the molecule is CSCCNC(=NCC(=O)N(C)C)NCC1(CN(C)C)CCCC1.I. The van der Waals surface area contributed by atoms with Crippen LogP contribution in [0.3, 0.4) is 0 Å². The predicted molar refractivity (Wildman–Crippen MR) is 120 cm³/mol. The third-order valence-electron chi connectivity index (χ3n) is 4.42. The first kappa shape index (κ1) is 24.8. The number of carbonyl (C=O) groups excluding carboxylic acids is 1. The van der Waals surface area contributed by atoms with Crippen LogP contribution in [0.2, 0.25) is 0 Å². The maximum Gasteiger partial charge on any atom is 0.243 e. The van der Waals surface area contributed by atoms with E-state index in [0.717, 1.165) is 31.3 Å². The lowest BCUT2D eigenvalue weighted by Gasteiger charge is -2.33. The quantitative estimate of drug-likeness (QED) is 0.226. The van der Waals surface area contributed by atoms with E-state index in [9.17, 15) is 4.79 Å². The number of aliphatic imine (C=N–C) groups is 1. The fourth-order valence-corrected chi connectivity index (χ4v) is 3.50. The fraction of sp³-hybridized carbons (Fsp3) is 0.882. The normalized spacial score (nSPS) is 16.5. The second kappa shape index (κ2) is 13.0. The van der Waals surface area contributed by atoms with Gasteiger partial charge in [0.05, 0.1) is 0 Å². The molecule has 0 spiro atoms. The molecule has 148 valence electrons. The molecule has 0 aromatic rings.